The summed E-state index contributed by atoms with van der Waals surface area (Å²) < 4.78 is 0. The largest absolute Gasteiger partial charge is 0.320 e. The lowest BCUT2D eigenvalue weighted by Gasteiger charge is -2.28. The van der Waals surface area contributed by atoms with E-state index in [1.54, 1.807) is 13.8 Å². The topological polar surface area (TPSA) is 70.0 Å². The summed E-state index contributed by atoms with van der Waals surface area (Å²) in [6.07, 6.45) is 15.3. The molecule has 0 unspecified atom stereocenters. The van der Waals surface area contributed by atoms with Gasteiger partial charge in [-0.2, -0.15) is 0 Å². The Labute approximate surface area is 591 Å². The monoisotopic (exact) mass is 1310 g/mol. The number of rotatable bonds is 36. The van der Waals surface area contributed by atoms with E-state index < -0.39 is 0 Å². The molecule has 0 saturated heterocycles. The van der Waals surface area contributed by atoms with Crippen molar-refractivity contribution in [2.75, 3.05) is 13.6 Å². The minimum absolute atomic E-state index is 0.317. The Morgan fingerprint density at radius 1 is 0.344 bits per heavy atom. The van der Waals surface area contributed by atoms with Gasteiger partial charge < -0.3 is 20.3 Å². The average molecular weight is 1310 g/mol. The van der Waals surface area contributed by atoms with Crippen molar-refractivity contribution in [3.05, 3.63) is 35.4 Å². The van der Waals surface area contributed by atoms with E-state index in [1.165, 1.54) is 75.5 Å². The molecule has 1 aromatic carbocycles. The number of carbonyl (C=O) groups is 2. The summed E-state index contributed by atoms with van der Waals surface area (Å²) >= 11 is 0. The number of hydrogen-bond acceptors (Lipinski definition) is 4. The first kappa shape index (κ1) is 105. The summed E-state index contributed by atoms with van der Waals surface area (Å²) in [7, 11) is 2.03. The lowest BCUT2D eigenvalue weighted by molar-refractivity contribution is -0.119. The van der Waals surface area contributed by atoms with Crippen LogP contribution in [0, 0.1) is 160 Å². The molecule has 0 saturated carbocycles. The van der Waals surface area contributed by atoms with Gasteiger partial charge in [0.15, 0.2) is 0 Å². The summed E-state index contributed by atoms with van der Waals surface area (Å²) in [5.74, 6) is 20.6. The summed E-state index contributed by atoms with van der Waals surface area (Å²) in [5, 5.41) is 10.5. The maximum absolute atomic E-state index is 10.9. The Hall–Kier alpha value is -1.81. The molecule has 0 atom stereocenters. The molecule has 93 heavy (non-hydrogen) atoms. The molecule has 0 bridgehead atoms. The van der Waals surface area contributed by atoms with Crippen LogP contribution < -0.4 is 5.32 Å². The lowest BCUT2D eigenvalue weighted by Crippen LogP contribution is -2.21. The number of hydrogen-bond donors (Lipinski definition) is 2. The molecule has 0 heterocycles. The van der Waals surface area contributed by atoms with Crippen molar-refractivity contribution in [3.8, 4) is 0 Å². The van der Waals surface area contributed by atoms with Gasteiger partial charge in [-0.3, -0.25) is 0 Å². The summed E-state index contributed by atoms with van der Waals surface area (Å²) in [6, 6.07) is 8.97. The lowest BCUT2D eigenvalue weighted by atomic mass is 9.78. The fourth-order valence-corrected chi connectivity index (χ4v) is 15.7. The predicted octanol–water partition coefficient (Wildman–Crippen LogP) is 28.7. The van der Waals surface area contributed by atoms with Gasteiger partial charge in [0, 0.05) is 18.6 Å². The van der Waals surface area contributed by atoms with Crippen molar-refractivity contribution in [2.45, 2.75) is 360 Å². The van der Waals surface area contributed by atoms with Gasteiger partial charge in [-0.15, -0.1) is 0 Å². The molecule has 560 valence electrons. The molecular weight excluding hydrogens is 1130 g/mol. The van der Waals surface area contributed by atoms with E-state index in [2.05, 4.69) is 286 Å². The third kappa shape index (κ3) is 62.2. The average Bonchev–Trinajstić information content (AvgIpc) is 2.85. The van der Waals surface area contributed by atoms with E-state index in [4.69, 9.17) is 5.41 Å². The maximum Gasteiger partial charge on any atom is 0.130 e. The van der Waals surface area contributed by atoms with E-state index in [1.807, 2.05) is 14.0 Å². The van der Waals surface area contributed by atoms with Crippen molar-refractivity contribution in [3.63, 3.8) is 0 Å². The van der Waals surface area contributed by atoms with Gasteiger partial charge in [0.1, 0.15) is 11.6 Å². The molecule has 0 aliphatic heterocycles. The van der Waals surface area contributed by atoms with Crippen LogP contribution in [-0.2, 0) is 16.0 Å². The van der Waals surface area contributed by atoms with Crippen LogP contribution in [0.15, 0.2) is 24.3 Å². The summed E-state index contributed by atoms with van der Waals surface area (Å²) in [6.45, 7) is 91.3. The zero-order chi connectivity index (χ0) is 74.8. The van der Waals surface area contributed by atoms with E-state index in [-0.39, 0.29) is 0 Å². The molecule has 0 fully saturated rings. The number of carbonyl (C=O) groups excluding carboxylic acids is 2. The molecule has 4 nitrogen and oxygen atoms in total. The molecule has 0 aromatic heterocycles. The van der Waals surface area contributed by atoms with Crippen molar-refractivity contribution in [1.29, 1.82) is 5.41 Å². The second kappa shape index (κ2) is 62.4. The van der Waals surface area contributed by atoms with E-state index in [9.17, 15) is 9.59 Å². The molecular formula is C89H182N2O2. The Kier molecular flexibility index (Phi) is 70.3. The van der Waals surface area contributed by atoms with Crippen LogP contribution in [0.1, 0.15) is 358 Å². The number of Topliss-reactive ketones (excluding diaryl/α,β-unsaturated/α-hetero) is 2. The molecule has 2 N–H and O–H groups in total. The summed E-state index contributed by atoms with van der Waals surface area (Å²) in [5.41, 5.74) is 3.66. The highest BCUT2D eigenvalue weighted by molar-refractivity contribution is 5.78. The molecule has 0 aliphatic carbocycles. The second-order valence-corrected chi connectivity index (χ2v) is 35.2. The third-order valence-electron chi connectivity index (χ3n) is 20.7. The minimum Gasteiger partial charge on any atom is -0.320 e. The molecule has 1 rings (SSSR count). The van der Waals surface area contributed by atoms with Crippen molar-refractivity contribution in [1.82, 2.24) is 5.32 Å². The Morgan fingerprint density at radius 3 is 0.817 bits per heavy atom. The molecule has 4 heteroatoms. The standard InChI is InChI=1S/C15H24.C13H27N.C12H27N.C11H22O.C10H20O.C10H22.2C9H20/c1-11(2)15(12(3)4)10-14-8-6-13(5)7-9-14;1-10(2)13(11(3)4)9-7-6-8-12(5)14;1-10(2)12(11(3)4)8-6-7-9-13-5;1-8(2)11(9(3)4)7-6-10(5)12;1-7(2)10(8(3)4)6-9(5)11;1-7(2)10(8(3)4)9(5)6;2*1-6-9(7(2)3)8(4)5/h6-9,11-12,15H,10H2,1-5H3;10-11,13-14H,6-9H2,1-5H3;10-13H,6-9H2,1-5H3;8-9,11H,6-7H2,1-5H3;7-8,10H,6H2,1-5H3;7-10H,1-6H3;2*7-9H,6H2,1-5H3. The smallest absolute Gasteiger partial charge is 0.130 e. The normalized spacial score (nSPS) is 11.9. The van der Waals surface area contributed by atoms with Crippen LogP contribution in [0.4, 0.5) is 0 Å². The Bertz CT molecular complexity index is 1670. The number of ketones is 2. The van der Waals surface area contributed by atoms with Gasteiger partial charge in [0.05, 0.1) is 0 Å². The van der Waals surface area contributed by atoms with Gasteiger partial charge in [0.2, 0.25) is 0 Å². The first-order valence-corrected chi connectivity index (χ1v) is 39.8. The van der Waals surface area contributed by atoms with Crippen LogP contribution in [0.2, 0.25) is 0 Å². The number of aryl methyl sites for hydroxylation is 1. The van der Waals surface area contributed by atoms with E-state index in [0.717, 1.165) is 144 Å². The van der Waals surface area contributed by atoms with Crippen LogP contribution in [0.25, 0.3) is 0 Å². The summed E-state index contributed by atoms with van der Waals surface area (Å²) in [4.78, 5) is 21.7. The predicted molar refractivity (Wildman–Crippen MR) is 430 cm³/mol. The highest BCUT2D eigenvalue weighted by Gasteiger charge is 2.23. The molecule has 0 amide bonds. The van der Waals surface area contributed by atoms with Crippen molar-refractivity contribution >= 4 is 17.3 Å². The molecule has 0 radical (unpaired) electrons. The highest BCUT2D eigenvalue weighted by Crippen LogP contribution is 2.31. The Balaban J connectivity index is -0.000000183. The van der Waals surface area contributed by atoms with E-state index >= 15 is 0 Å². The van der Waals surface area contributed by atoms with Gasteiger partial charge in [-0.25, -0.2) is 0 Å². The van der Waals surface area contributed by atoms with Crippen LogP contribution in [0.5, 0.6) is 0 Å². The zero-order valence-corrected chi connectivity index (χ0v) is 72.0. The van der Waals surface area contributed by atoms with Crippen molar-refractivity contribution < 1.29 is 9.59 Å². The SMILES string of the molecule is CC(=N)CCCCC(C(C)C)C(C)C.CC(=O)CC(C(C)C)C(C)C.CC(=O)CCC(C(C)C)C(C)C.CC(C)C(C(C)C)C(C)C.CCC(C(C)C)C(C)C.CCC(C(C)C)C(C)C.CNCCCCC(C(C)C)C(C)C.Cc1ccc(CC(C(C)C)C(C)C)cc1. The van der Waals surface area contributed by atoms with Gasteiger partial charge >= 0.3 is 0 Å². The molecule has 0 aliphatic rings. The zero-order valence-electron chi connectivity index (χ0n) is 72.0. The fraction of sp³-hybridized carbons (Fsp3) is 0.899. The fourth-order valence-electron chi connectivity index (χ4n) is 15.7. The van der Waals surface area contributed by atoms with Gasteiger partial charge in [0.25, 0.3) is 0 Å². The van der Waals surface area contributed by atoms with Gasteiger partial charge in [-0.1, -0.05) is 305 Å². The van der Waals surface area contributed by atoms with Gasteiger partial charge in [-0.05, 0) is 240 Å². The van der Waals surface area contributed by atoms with E-state index in [0.29, 0.717) is 47.1 Å². The number of benzene rings is 1. The minimum atomic E-state index is 0.317. The van der Waals surface area contributed by atoms with Crippen LogP contribution >= 0.6 is 0 Å². The number of nitrogens with one attached hydrogen (secondary N) is 2. The second-order valence-electron chi connectivity index (χ2n) is 35.2. The third-order valence-corrected chi connectivity index (χ3v) is 20.7. The first-order chi connectivity index (χ1) is 42.6. The van der Waals surface area contributed by atoms with Crippen LogP contribution in [0.3, 0.4) is 0 Å². The maximum atomic E-state index is 10.9. The highest BCUT2D eigenvalue weighted by atomic mass is 16.1. The van der Waals surface area contributed by atoms with Crippen molar-refractivity contribution in [2.24, 2.45) is 148 Å². The Morgan fingerprint density at radius 2 is 0.624 bits per heavy atom. The molecule has 0 spiro atoms. The first-order valence-electron chi connectivity index (χ1n) is 39.8. The quantitative estimate of drug-likeness (QED) is 0.0520. The number of unbranched alkanes of at least 4 members (excludes halogenated alkanes) is 2. The van der Waals surface area contributed by atoms with Crippen LogP contribution in [-0.4, -0.2) is 30.9 Å². The molecule has 1 aromatic rings.